The smallest absolute Gasteiger partial charge is 0.225 e. The second kappa shape index (κ2) is 9.93. The fraction of sp³-hybridized carbons (Fsp3) is 0.292. The van der Waals surface area contributed by atoms with Crippen LogP contribution in [0.15, 0.2) is 36.5 Å². The van der Waals surface area contributed by atoms with Gasteiger partial charge in [0, 0.05) is 13.1 Å². The maximum atomic E-state index is 13.6. The molecule has 182 valence electrons. The molecule has 3 N–H and O–H groups in total. The number of hydrogen-bond donors (Lipinski definition) is 3. The lowest BCUT2D eigenvalue weighted by molar-refractivity contribution is 0.341. The van der Waals surface area contributed by atoms with Crippen molar-refractivity contribution in [3.05, 3.63) is 63.8 Å². The second-order valence-corrected chi connectivity index (χ2v) is 9.36. The molecule has 0 aliphatic carbocycles. The van der Waals surface area contributed by atoms with Gasteiger partial charge in [0.2, 0.25) is 5.95 Å². The molecule has 1 fully saturated rings. The highest BCUT2D eigenvalue weighted by molar-refractivity contribution is 6.39. The van der Waals surface area contributed by atoms with Crippen LogP contribution in [0.5, 0.6) is 5.75 Å². The number of phenolic OH excluding ortho intramolecular Hbond substituents is 1. The Balaban J connectivity index is 1.54. The Hall–Kier alpha value is -3.01. The summed E-state index contributed by atoms with van der Waals surface area (Å²) in [5, 5.41) is 16.9. The number of phenols is 1. The molecule has 1 saturated heterocycles. The standard InChI is InChI=1S/C24H22Cl2F2N6O/c25-16-7-15(35)8-17(26)21(16)23-32-20-11-31-24(30-10-13-3-4-18(27)19(28)6-13)33-22(20)34(23)12-14-2-1-5-29-9-14/h3-4,6-8,11,14,29,35H,1-2,5,9-10,12H2,(H,30,31,33). The van der Waals surface area contributed by atoms with Crippen molar-refractivity contribution in [2.75, 3.05) is 18.4 Å². The van der Waals surface area contributed by atoms with Crippen molar-refractivity contribution >= 4 is 40.3 Å². The SMILES string of the molecule is Oc1cc(Cl)c(-c2nc3cnc(NCc4ccc(F)c(F)c4)nc3n2CC2CCCNC2)c(Cl)c1. The molecule has 0 amide bonds. The minimum atomic E-state index is -0.910. The highest BCUT2D eigenvalue weighted by Crippen LogP contribution is 2.39. The van der Waals surface area contributed by atoms with Crippen LogP contribution in [0.2, 0.25) is 10.0 Å². The normalized spacial score (nSPS) is 16.1. The van der Waals surface area contributed by atoms with Crippen LogP contribution in [0.4, 0.5) is 14.7 Å². The van der Waals surface area contributed by atoms with E-state index in [9.17, 15) is 13.9 Å². The van der Waals surface area contributed by atoms with E-state index in [0.29, 0.717) is 46.5 Å². The zero-order valence-electron chi connectivity index (χ0n) is 18.5. The van der Waals surface area contributed by atoms with Crippen molar-refractivity contribution in [1.29, 1.82) is 0 Å². The van der Waals surface area contributed by atoms with Gasteiger partial charge < -0.3 is 20.3 Å². The number of hydrogen-bond acceptors (Lipinski definition) is 6. The summed E-state index contributed by atoms with van der Waals surface area (Å²) in [6, 6.07) is 6.57. The molecule has 1 aliphatic rings. The van der Waals surface area contributed by atoms with E-state index in [2.05, 4.69) is 20.6 Å². The number of piperidine rings is 1. The van der Waals surface area contributed by atoms with Gasteiger partial charge in [0.15, 0.2) is 17.3 Å². The van der Waals surface area contributed by atoms with Crippen LogP contribution < -0.4 is 10.6 Å². The van der Waals surface area contributed by atoms with E-state index in [0.717, 1.165) is 38.1 Å². The molecule has 11 heteroatoms. The van der Waals surface area contributed by atoms with Crippen LogP contribution in [0.25, 0.3) is 22.6 Å². The van der Waals surface area contributed by atoms with E-state index in [4.69, 9.17) is 28.2 Å². The molecule has 1 atom stereocenters. The summed E-state index contributed by atoms with van der Waals surface area (Å²) in [7, 11) is 0. The van der Waals surface area contributed by atoms with Gasteiger partial charge in [-0.15, -0.1) is 0 Å². The molecule has 3 heterocycles. The van der Waals surface area contributed by atoms with E-state index in [1.54, 1.807) is 6.20 Å². The van der Waals surface area contributed by atoms with Crippen LogP contribution in [0.3, 0.4) is 0 Å². The molecular formula is C24H22Cl2F2N6O. The third kappa shape index (κ3) is 5.03. The highest BCUT2D eigenvalue weighted by atomic mass is 35.5. The maximum Gasteiger partial charge on any atom is 0.225 e. The topological polar surface area (TPSA) is 87.9 Å². The van der Waals surface area contributed by atoms with Crippen LogP contribution in [0, 0.1) is 17.6 Å². The summed E-state index contributed by atoms with van der Waals surface area (Å²) >= 11 is 12.9. The average Bonchev–Trinajstić information content (AvgIpc) is 3.17. The molecule has 0 saturated carbocycles. The second-order valence-electron chi connectivity index (χ2n) is 8.55. The summed E-state index contributed by atoms with van der Waals surface area (Å²) in [6.45, 7) is 2.70. The number of rotatable bonds is 6. The molecule has 7 nitrogen and oxygen atoms in total. The third-order valence-electron chi connectivity index (χ3n) is 6.01. The van der Waals surface area contributed by atoms with Gasteiger partial charge in [0.1, 0.15) is 17.1 Å². The molecule has 1 aliphatic heterocycles. The average molecular weight is 519 g/mol. The van der Waals surface area contributed by atoms with Crippen molar-refractivity contribution in [3.8, 4) is 17.1 Å². The fourth-order valence-corrected chi connectivity index (χ4v) is 4.95. The van der Waals surface area contributed by atoms with Gasteiger partial charge in [-0.25, -0.2) is 18.7 Å². The van der Waals surface area contributed by atoms with E-state index >= 15 is 0 Å². The molecule has 0 bridgehead atoms. The molecule has 0 radical (unpaired) electrons. The largest absolute Gasteiger partial charge is 0.508 e. The molecule has 2 aromatic heterocycles. The van der Waals surface area contributed by atoms with E-state index in [-0.39, 0.29) is 22.3 Å². The number of aromatic hydroxyl groups is 1. The Morgan fingerprint density at radius 3 is 2.63 bits per heavy atom. The number of nitrogens with one attached hydrogen (secondary N) is 2. The van der Waals surface area contributed by atoms with Gasteiger partial charge >= 0.3 is 0 Å². The fourth-order valence-electron chi connectivity index (χ4n) is 4.31. The molecule has 35 heavy (non-hydrogen) atoms. The summed E-state index contributed by atoms with van der Waals surface area (Å²) in [4.78, 5) is 13.7. The van der Waals surface area contributed by atoms with E-state index in [1.165, 1.54) is 18.2 Å². The number of imidazole rings is 1. The van der Waals surface area contributed by atoms with Gasteiger partial charge in [-0.3, -0.25) is 0 Å². The predicted molar refractivity (Wildman–Crippen MR) is 132 cm³/mol. The minimum absolute atomic E-state index is 0.0357. The molecule has 4 aromatic rings. The number of anilines is 1. The predicted octanol–water partition coefficient (Wildman–Crippen LogP) is 5.40. The van der Waals surface area contributed by atoms with Gasteiger partial charge in [-0.1, -0.05) is 29.3 Å². The van der Waals surface area contributed by atoms with Crippen LogP contribution in [0.1, 0.15) is 18.4 Å². The zero-order chi connectivity index (χ0) is 24.5. The van der Waals surface area contributed by atoms with Gasteiger partial charge in [0.25, 0.3) is 0 Å². The van der Waals surface area contributed by atoms with Crippen molar-refractivity contribution in [1.82, 2.24) is 24.8 Å². The quantitative estimate of drug-likeness (QED) is 0.317. The number of nitrogens with zero attached hydrogens (tertiary/aromatic N) is 4. The van der Waals surface area contributed by atoms with Crippen molar-refractivity contribution in [2.45, 2.75) is 25.9 Å². The Labute approximate surface area is 210 Å². The lowest BCUT2D eigenvalue weighted by Crippen LogP contribution is -2.32. The molecular weight excluding hydrogens is 497 g/mol. The maximum absolute atomic E-state index is 13.6. The summed E-state index contributed by atoms with van der Waals surface area (Å²) < 4.78 is 28.8. The number of halogens is 4. The van der Waals surface area contributed by atoms with Gasteiger partial charge in [-0.05, 0) is 61.7 Å². The van der Waals surface area contributed by atoms with Gasteiger partial charge in [-0.2, -0.15) is 4.98 Å². The monoisotopic (exact) mass is 518 g/mol. The zero-order valence-corrected chi connectivity index (χ0v) is 20.0. The number of aromatic nitrogens is 4. The first-order valence-corrected chi connectivity index (χ1v) is 11.9. The summed E-state index contributed by atoms with van der Waals surface area (Å²) in [5.74, 6) is -0.638. The molecule has 2 aromatic carbocycles. The molecule has 0 spiro atoms. The Kier molecular flexibility index (Phi) is 6.73. The van der Waals surface area contributed by atoms with Crippen molar-refractivity contribution in [3.63, 3.8) is 0 Å². The highest BCUT2D eigenvalue weighted by Gasteiger charge is 2.23. The van der Waals surface area contributed by atoms with Crippen LogP contribution >= 0.6 is 23.2 Å². The van der Waals surface area contributed by atoms with Crippen molar-refractivity contribution < 1.29 is 13.9 Å². The van der Waals surface area contributed by atoms with E-state index < -0.39 is 11.6 Å². The molecule has 5 rings (SSSR count). The third-order valence-corrected chi connectivity index (χ3v) is 6.61. The summed E-state index contributed by atoms with van der Waals surface area (Å²) in [5.41, 5.74) is 2.21. The van der Waals surface area contributed by atoms with Crippen LogP contribution in [-0.2, 0) is 13.1 Å². The first kappa shape index (κ1) is 23.7. The summed E-state index contributed by atoms with van der Waals surface area (Å²) in [6.07, 6.45) is 3.72. The number of fused-ring (bicyclic) bond motifs is 1. The molecule has 1 unspecified atom stereocenters. The first-order chi connectivity index (χ1) is 16.9. The number of benzene rings is 2. The van der Waals surface area contributed by atoms with E-state index in [1.807, 2.05) is 4.57 Å². The first-order valence-electron chi connectivity index (χ1n) is 11.2. The van der Waals surface area contributed by atoms with Crippen LogP contribution in [-0.4, -0.2) is 37.7 Å². The van der Waals surface area contributed by atoms with Crippen molar-refractivity contribution in [2.24, 2.45) is 5.92 Å². The van der Waals surface area contributed by atoms with Gasteiger partial charge in [0.05, 0.1) is 21.8 Å². The Morgan fingerprint density at radius 2 is 1.91 bits per heavy atom. The Bertz CT molecular complexity index is 1370. The minimum Gasteiger partial charge on any atom is -0.508 e. The lowest BCUT2D eigenvalue weighted by atomic mass is 9.99. The lowest BCUT2D eigenvalue weighted by Gasteiger charge is -2.24. The Morgan fingerprint density at radius 1 is 1.11 bits per heavy atom.